The number of halogens is 1. The maximum absolute atomic E-state index is 13.9. The summed E-state index contributed by atoms with van der Waals surface area (Å²) in [5.41, 5.74) is -0.689. The minimum Gasteiger partial charge on any atom is -0.325 e. The molecule has 2 aliphatic rings. The van der Waals surface area contributed by atoms with Gasteiger partial charge in [-0.1, -0.05) is 73.9 Å². The fourth-order valence-corrected chi connectivity index (χ4v) is 6.21. The second kappa shape index (κ2) is 8.66. The molecule has 1 amide bonds. The van der Waals surface area contributed by atoms with E-state index < -0.39 is 27.1 Å². The first kappa shape index (κ1) is 24.9. The average Bonchev–Trinajstić information content (AvgIpc) is 3.18. The Labute approximate surface area is 218 Å². The first-order valence-electron chi connectivity index (χ1n) is 12.0. The molecule has 2 bridgehead atoms. The van der Waals surface area contributed by atoms with Gasteiger partial charge < -0.3 is 10.2 Å². The highest BCUT2D eigenvalue weighted by Gasteiger charge is 2.71. The van der Waals surface area contributed by atoms with Crippen molar-refractivity contribution in [2.24, 2.45) is 21.4 Å². The molecule has 0 heterocycles. The third-order valence-electron chi connectivity index (χ3n) is 8.82. The number of carbonyl (C=O) groups excluding carboxylic acids is 2. The molecule has 0 spiro atoms. The van der Waals surface area contributed by atoms with E-state index in [0.717, 1.165) is 22.5 Å². The van der Waals surface area contributed by atoms with Crippen LogP contribution in [0.25, 0.3) is 10.8 Å². The van der Waals surface area contributed by atoms with Gasteiger partial charge in [-0.15, -0.1) is 0 Å². The number of amides is 1. The number of nitro groups is 1. The number of fused-ring (bicyclic) bond motifs is 3. The fourth-order valence-electron chi connectivity index (χ4n) is 6.03. The number of benzene rings is 3. The zero-order valence-electron chi connectivity index (χ0n) is 20.7. The molecule has 0 aromatic heterocycles. The number of oxime groups is 1. The van der Waals surface area contributed by atoms with Gasteiger partial charge >= 0.3 is 5.97 Å². The van der Waals surface area contributed by atoms with Crippen LogP contribution in [-0.2, 0) is 9.63 Å². The molecule has 0 radical (unpaired) electrons. The number of rotatable bonds is 5. The molecular weight excluding hydrogens is 494 g/mol. The predicted octanol–water partition coefficient (Wildman–Crippen LogP) is 6.77. The van der Waals surface area contributed by atoms with E-state index in [2.05, 4.69) is 24.3 Å². The lowest BCUT2D eigenvalue weighted by molar-refractivity contribution is -0.384. The molecule has 37 heavy (non-hydrogen) atoms. The Balaban J connectivity index is 1.42. The van der Waals surface area contributed by atoms with Crippen LogP contribution in [0.3, 0.4) is 0 Å². The summed E-state index contributed by atoms with van der Waals surface area (Å²) in [7, 11) is 0. The highest BCUT2D eigenvalue weighted by Crippen LogP contribution is 2.71. The van der Waals surface area contributed by atoms with Crippen molar-refractivity contribution >= 4 is 51.3 Å². The van der Waals surface area contributed by atoms with Gasteiger partial charge in [0, 0.05) is 29.0 Å². The minimum absolute atomic E-state index is 0.0311. The lowest BCUT2D eigenvalue weighted by Crippen LogP contribution is -2.43. The molecule has 3 aromatic carbocycles. The molecule has 2 aliphatic carbocycles. The Morgan fingerprint density at radius 2 is 1.78 bits per heavy atom. The van der Waals surface area contributed by atoms with E-state index in [1.807, 2.05) is 49.4 Å². The maximum atomic E-state index is 13.9. The molecule has 8 nitrogen and oxygen atoms in total. The molecular formula is C28H26ClN3O5. The van der Waals surface area contributed by atoms with Crippen LogP contribution in [0.15, 0.2) is 65.8 Å². The Morgan fingerprint density at radius 1 is 1.05 bits per heavy atom. The Hall–Kier alpha value is -3.78. The van der Waals surface area contributed by atoms with Crippen LogP contribution in [0, 0.1) is 26.4 Å². The van der Waals surface area contributed by atoms with Gasteiger partial charge in [-0.05, 0) is 41.8 Å². The van der Waals surface area contributed by atoms with Crippen molar-refractivity contribution in [2.75, 3.05) is 5.32 Å². The topological polar surface area (TPSA) is 111 Å². The van der Waals surface area contributed by atoms with Crippen LogP contribution in [-0.4, -0.2) is 22.5 Å². The van der Waals surface area contributed by atoms with Gasteiger partial charge in [0.05, 0.1) is 21.6 Å². The maximum Gasteiger partial charge on any atom is 0.365 e. The van der Waals surface area contributed by atoms with Crippen LogP contribution in [0.4, 0.5) is 11.4 Å². The lowest BCUT2D eigenvalue weighted by atomic mass is 9.64. The molecule has 2 atom stereocenters. The van der Waals surface area contributed by atoms with Gasteiger partial charge in [0.1, 0.15) is 5.02 Å². The average molecular weight is 520 g/mol. The highest BCUT2D eigenvalue weighted by molar-refractivity contribution is 6.32. The molecule has 2 fully saturated rings. The smallest absolute Gasteiger partial charge is 0.325 e. The van der Waals surface area contributed by atoms with Gasteiger partial charge in [-0.2, -0.15) is 0 Å². The highest BCUT2D eigenvalue weighted by atomic mass is 35.5. The molecule has 2 saturated carbocycles. The summed E-state index contributed by atoms with van der Waals surface area (Å²) >= 11 is 5.84. The van der Waals surface area contributed by atoms with E-state index in [1.54, 1.807) is 0 Å². The van der Waals surface area contributed by atoms with Crippen LogP contribution < -0.4 is 5.32 Å². The molecule has 5 rings (SSSR count). The van der Waals surface area contributed by atoms with Gasteiger partial charge in [0.15, 0.2) is 0 Å². The molecule has 3 aromatic rings. The Kier molecular flexibility index (Phi) is 5.83. The summed E-state index contributed by atoms with van der Waals surface area (Å²) in [6, 6.07) is 17.4. The van der Waals surface area contributed by atoms with Crippen LogP contribution in [0.1, 0.15) is 50.4 Å². The number of hydrogen-bond donors (Lipinski definition) is 1. The van der Waals surface area contributed by atoms with Crippen LogP contribution in [0.2, 0.25) is 5.02 Å². The van der Waals surface area contributed by atoms with Crippen LogP contribution >= 0.6 is 11.6 Å². The molecule has 0 aliphatic heterocycles. The summed E-state index contributed by atoms with van der Waals surface area (Å²) < 4.78 is 0. The first-order chi connectivity index (χ1) is 17.5. The van der Waals surface area contributed by atoms with Gasteiger partial charge in [-0.25, -0.2) is 4.79 Å². The summed E-state index contributed by atoms with van der Waals surface area (Å²) in [6.45, 7) is 6.18. The van der Waals surface area contributed by atoms with E-state index >= 15 is 0 Å². The summed E-state index contributed by atoms with van der Waals surface area (Å²) in [6.07, 6.45) is 1.75. The Morgan fingerprint density at radius 3 is 2.54 bits per heavy atom. The van der Waals surface area contributed by atoms with Gasteiger partial charge in [0.25, 0.3) is 5.69 Å². The van der Waals surface area contributed by atoms with Crippen LogP contribution in [0.5, 0.6) is 0 Å². The molecule has 2 unspecified atom stereocenters. The number of carbonyl (C=O) groups is 2. The number of hydrogen-bond acceptors (Lipinski definition) is 6. The number of nitrogens with zero attached hydrogens (tertiary/aromatic N) is 2. The van der Waals surface area contributed by atoms with Gasteiger partial charge in [0.2, 0.25) is 5.91 Å². The number of nitrogens with one attached hydrogen (secondary N) is 1. The SMILES string of the molecule is CC12CCC(C(=O)Nc3cccc4ccccc34)(C/C1=N\OC(=O)c1ccc(Cl)c([N+](=O)[O-])c1)C2(C)C. The monoisotopic (exact) mass is 519 g/mol. The zero-order valence-corrected chi connectivity index (χ0v) is 21.5. The molecule has 9 heteroatoms. The lowest BCUT2D eigenvalue weighted by Gasteiger charge is -2.39. The van der Waals surface area contributed by atoms with Crippen molar-refractivity contribution in [1.29, 1.82) is 0 Å². The number of nitro benzene ring substituents is 1. The fraction of sp³-hybridized carbons (Fsp3) is 0.321. The summed E-state index contributed by atoms with van der Waals surface area (Å²) in [5, 5.41) is 20.5. The number of anilines is 1. The molecule has 0 saturated heterocycles. The molecule has 190 valence electrons. The second-order valence-corrected chi connectivity index (χ2v) is 10.9. The minimum atomic E-state index is -0.828. The Bertz CT molecular complexity index is 1490. The van der Waals surface area contributed by atoms with Crippen molar-refractivity contribution in [1.82, 2.24) is 0 Å². The third kappa shape index (κ3) is 3.70. The normalized spacial score (nSPS) is 24.8. The zero-order chi connectivity index (χ0) is 26.6. The van der Waals surface area contributed by atoms with E-state index in [1.165, 1.54) is 12.1 Å². The van der Waals surface area contributed by atoms with Crippen molar-refractivity contribution in [3.05, 3.63) is 81.4 Å². The second-order valence-electron chi connectivity index (χ2n) is 10.5. The van der Waals surface area contributed by atoms with Crippen molar-refractivity contribution in [2.45, 2.75) is 40.0 Å². The third-order valence-corrected chi connectivity index (χ3v) is 9.14. The van der Waals surface area contributed by atoms with E-state index in [9.17, 15) is 19.7 Å². The summed E-state index contributed by atoms with van der Waals surface area (Å²) in [4.78, 5) is 42.3. The first-order valence-corrected chi connectivity index (χ1v) is 12.4. The predicted molar refractivity (Wildman–Crippen MR) is 142 cm³/mol. The van der Waals surface area contributed by atoms with E-state index in [0.29, 0.717) is 25.0 Å². The standard InChI is InChI=1S/C28H26ClN3O5/c1-26(2)27(3)13-14-28(26,25(34)30-21-10-6-8-17-7-4-5-9-19(17)21)16-23(27)31-37-24(33)18-11-12-20(29)22(15-18)32(35)36/h4-12,15H,13-14,16H2,1-3H3,(H,30,34)/b31-23+. The summed E-state index contributed by atoms with van der Waals surface area (Å²) in [5.74, 6) is -0.909. The van der Waals surface area contributed by atoms with Crippen molar-refractivity contribution < 1.29 is 19.3 Å². The van der Waals surface area contributed by atoms with Gasteiger partial charge in [-0.3, -0.25) is 14.9 Å². The largest absolute Gasteiger partial charge is 0.365 e. The quantitative estimate of drug-likeness (QED) is 0.227. The van der Waals surface area contributed by atoms with Crippen molar-refractivity contribution in [3.8, 4) is 0 Å². The van der Waals surface area contributed by atoms with E-state index in [-0.39, 0.29) is 22.2 Å². The van der Waals surface area contributed by atoms with Crippen molar-refractivity contribution in [3.63, 3.8) is 0 Å². The van der Waals surface area contributed by atoms with E-state index in [4.69, 9.17) is 16.4 Å². The molecule has 1 N–H and O–H groups in total.